The standard InChI is InChI=1S/C13H28.C2H6/c1-5-8-9-10-11-13(7-3)12(4)6-2;1-2/h12-13H,5-11H2,1-4H3;1-2H3. The van der Waals surface area contributed by atoms with Gasteiger partial charge in [0, 0.05) is 0 Å². The molecule has 0 heterocycles. The average molecular weight is 214 g/mol. The molecular formula is C15H34. The van der Waals surface area contributed by atoms with E-state index in [4.69, 9.17) is 0 Å². The quantitative estimate of drug-likeness (QED) is 0.431. The van der Waals surface area contributed by atoms with Gasteiger partial charge in [-0.3, -0.25) is 0 Å². The minimum Gasteiger partial charge on any atom is -0.0683 e. The maximum atomic E-state index is 2.41. The zero-order valence-corrected chi connectivity index (χ0v) is 12.1. The van der Waals surface area contributed by atoms with Crippen LogP contribution < -0.4 is 0 Å². The van der Waals surface area contributed by atoms with Crippen molar-refractivity contribution in [1.82, 2.24) is 0 Å². The summed E-state index contributed by atoms with van der Waals surface area (Å²) >= 11 is 0. The number of rotatable bonds is 8. The van der Waals surface area contributed by atoms with E-state index in [2.05, 4.69) is 27.7 Å². The van der Waals surface area contributed by atoms with Crippen LogP contribution in [0.4, 0.5) is 0 Å². The Morgan fingerprint density at radius 2 is 1.40 bits per heavy atom. The molecule has 0 amide bonds. The molecule has 0 aliphatic carbocycles. The van der Waals surface area contributed by atoms with Gasteiger partial charge in [0.1, 0.15) is 0 Å². The van der Waals surface area contributed by atoms with E-state index >= 15 is 0 Å². The number of hydrogen-bond acceptors (Lipinski definition) is 0. The maximum absolute atomic E-state index is 2.41. The lowest BCUT2D eigenvalue weighted by molar-refractivity contribution is 0.307. The molecule has 0 fully saturated rings. The molecule has 2 unspecified atom stereocenters. The molecular weight excluding hydrogens is 180 g/mol. The van der Waals surface area contributed by atoms with Crippen molar-refractivity contribution in [1.29, 1.82) is 0 Å². The van der Waals surface area contributed by atoms with Gasteiger partial charge in [-0.25, -0.2) is 0 Å². The van der Waals surface area contributed by atoms with Crippen LogP contribution in [0.2, 0.25) is 0 Å². The Morgan fingerprint density at radius 1 is 0.800 bits per heavy atom. The van der Waals surface area contributed by atoms with Crippen molar-refractivity contribution in [3.63, 3.8) is 0 Å². The Balaban J connectivity index is 0. The zero-order valence-electron chi connectivity index (χ0n) is 12.1. The normalized spacial score (nSPS) is 14.0. The first-order valence-corrected chi connectivity index (χ1v) is 7.26. The van der Waals surface area contributed by atoms with Gasteiger partial charge in [-0.1, -0.05) is 86.5 Å². The topological polar surface area (TPSA) is 0 Å². The molecule has 0 nitrogen and oxygen atoms in total. The summed E-state index contributed by atoms with van der Waals surface area (Å²) in [6.45, 7) is 13.4. The van der Waals surface area contributed by atoms with E-state index < -0.39 is 0 Å². The predicted molar refractivity (Wildman–Crippen MR) is 73.3 cm³/mol. The molecule has 0 N–H and O–H groups in total. The predicted octanol–water partition coefficient (Wildman–Crippen LogP) is 6.06. The van der Waals surface area contributed by atoms with Gasteiger partial charge in [0.05, 0.1) is 0 Å². The van der Waals surface area contributed by atoms with Crippen LogP contribution >= 0.6 is 0 Å². The first-order valence-electron chi connectivity index (χ1n) is 7.26. The van der Waals surface area contributed by atoms with Crippen molar-refractivity contribution in [3.05, 3.63) is 0 Å². The SMILES string of the molecule is CC.CCCCCCC(CC)C(C)CC. The fourth-order valence-electron chi connectivity index (χ4n) is 2.06. The van der Waals surface area contributed by atoms with Gasteiger partial charge >= 0.3 is 0 Å². The van der Waals surface area contributed by atoms with Crippen molar-refractivity contribution in [2.45, 2.75) is 86.5 Å². The molecule has 2 atom stereocenters. The van der Waals surface area contributed by atoms with E-state index in [1.807, 2.05) is 13.8 Å². The minimum absolute atomic E-state index is 0.937. The first-order chi connectivity index (χ1) is 7.26. The van der Waals surface area contributed by atoms with Gasteiger partial charge in [0.2, 0.25) is 0 Å². The molecule has 0 aliphatic rings. The Hall–Kier alpha value is 0. The van der Waals surface area contributed by atoms with Gasteiger partial charge in [0.15, 0.2) is 0 Å². The minimum atomic E-state index is 0.937. The lowest BCUT2D eigenvalue weighted by Crippen LogP contribution is -2.09. The molecule has 0 aromatic rings. The molecule has 0 saturated carbocycles. The molecule has 0 spiro atoms. The third-order valence-electron chi connectivity index (χ3n) is 3.40. The molecule has 0 aromatic heterocycles. The Kier molecular flexibility index (Phi) is 16.2. The van der Waals surface area contributed by atoms with E-state index in [0.29, 0.717) is 0 Å². The Bertz CT molecular complexity index is 96.2. The van der Waals surface area contributed by atoms with Crippen LogP contribution in [0.3, 0.4) is 0 Å². The zero-order chi connectivity index (χ0) is 12.1. The van der Waals surface area contributed by atoms with Crippen LogP contribution in [0.5, 0.6) is 0 Å². The number of unbranched alkanes of at least 4 members (excludes halogenated alkanes) is 3. The smallest absolute Gasteiger partial charge is 0.0391 e. The Morgan fingerprint density at radius 3 is 1.80 bits per heavy atom. The molecule has 0 saturated heterocycles. The van der Waals surface area contributed by atoms with Crippen molar-refractivity contribution in [3.8, 4) is 0 Å². The highest BCUT2D eigenvalue weighted by Gasteiger charge is 2.12. The summed E-state index contributed by atoms with van der Waals surface area (Å²) in [6, 6.07) is 0. The van der Waals surface area contributed by atoms with E-state index in [1.165, 1.54) is 44.9 Å². The first kappa shape index (κ1) is 17.4. The van der Waals surface area contributed by atoms with E-state index in [9.17, 15) is 0 Å². The van der Waals surface area contributed by atoms with Gasteiger partial charge < -0.3 is 0 Å². The maximum Gasteiger partial charge on any atom is -0.0391 e. The fourth-order valence-corrected chi connectivity index (χ4v) is 2.06. The van der Waals surface area contributed by atoms with Gasteiger partial charge in [-0.05, 0) is 11.8 Å². The van der Waals surface area contributed by atoms with Crippen molar-refractivity contribution in [2.24, 2.45) is 11.8 Å². The van der Waals surface area contributed by atoms with E-state index in [1.54, 1.807) is 0 Å². The second-order valence-electron chi connectivity index (χ2n) is 4.40. The van der Waals surface area contributed by atoms with Crippen molar-refractivity contribution < 1.29 is 0 Å². The van der Waals surface area contributed by atoms with Crippen LogP contribution in [-0.4, -0.2) is 0 Å². The summed E-state index contributed by atoms with van der Waals surface area (Å²) in [4.78, 5) is 0. The van der Waals surface area contributed by atoms with Crippen LogP contribution in [0.1, 0.15) is 86.5 Å². The molecule has 0 aromatic carbocycles. The van der Waals surface area contributed by atoms with Crippen molar-refractivity contribution in [2.75, 3.05) is 0 Å². The van der Waals surface area contributed by atoms with Gasteiger partial charge in [-0.2, -0.15) is 0 Å². The summed E-state index contributed by atoms with van der Waals surface area (Å²) in [6.07, 6.45) is 9.89. The highest BCUT2D eigenvalue weighted by Crippen LogP contribution is 2.24. The van der Waals surface area contributed by atoms with Gasteiger partial charge in [0.25, 0.3) is 0 Å². The lowest BCUT2D eigenvalue weighted by Gasteiger charge is -2.21. The monoisotopic (exact) mass is 214 g/mol. The average Bonchev–Trinajstić information content (AvgIpc) is 2.31. The summed E-state index contributed by atoms with van der Waals surface area (Å²) in [5.74, 6) is 1.92. The summed E-state index contributed by atoms with van der Waals surface area (Å²) in [5.41, 5.74) is 0. The van der Waals surface area contributed by atoms with Crippen molar-refractivity contribution >= 4 is 0 Å². The molecule has 94 valence electrons. The highest BCUT2D eigenvalue weighted by atomic mass is 14.2. The van der Waals surface area contributed by atoms with Gasteiger partial charge in [-0.15, -0.1) is 0 Å². The van der Waals surface area contributed by atoms with Crippen LogP contribution in [0, 0.1) is 11.8 Å². The molecule has 0 heteroatoms. The molecule has 0 radical (unpaired) electrons. The van der Waals surface area contributed by atoms with Crippen LogP contribution in [0.25, 0.3) is 0 Å². The molecule has 15 heavy (non-hydrogen) atoms. The molecule has 0 aliphatic heterocycles. The Labute approximate surface area is 98.9 Å². The second-order valence-corrected chi connectivity index (χ2v) is 4.40. The summed E-state index contributed by atoms with van der Waals surface area (Å²) in [5, 5.41) is 0. The summed E-state index contributed by atoms with van der Waals surface area (Å²) in [7, 11) is 0. The van der Waals surface area contributed by atoms with Crippen LogP contribution in [-0.2, 0) is 0 Å². The molecule has 0 bridgehead atoms. The fraction of sp³-hybridized carbons (Fsp3) is 1.00. The third kappa shape index (κ3) is 10.3. The second kappa shape index (κ2) is 14.0. The lowest BCUT2D eigenvalue weighted by atomic mass is 9.85. The largest absolute Gasteiger partial charge is 0.0683 e. The molecule has 0 rings (SSSR count). The van der Waals surface area contributed by atoms with E-state index in [-0.39, 0.29) is 0 Å². The summed E-state index contributed by atoms with van der Waals surface area (Å²) < 4.78 is 0. The highest BCUT2D eigenvalue weighted by molar-refractivity contribution is 4.63. The third-order valence-corrected chi connectivity index (χ3v) is 3.40. The van der Waals surface area contributed by atoms with Crippen LogP contribution in [0.15, 0.2) is 0 Å². The number of hydrogen-bond donors (Lipinski definition) is 0. The van der Waals surface area contributed by atoms with E-state index in [0.717, 1.165) is 11.8 Å².